The molecule has 18 heavy (non-hydrogen) atoms. The summed E-state index contributed by atoms with van der Waals surface area (Å²) in [6.07, 6.45) is 3.95. The van der Waals surface area contributed by atoms with Crippen LogP contribution >= 0.6 is 0 Å². The summed E-state index contributed by atoms with van der Waals surface area (Å²) in [4.78, 5) is 10.4. The average molecular weight is 240 g/mol. The van der Waals surface area contributed by atoms with Gasteiger partial charge in [0.2, 0.25) is 0 Å². The summed E-state index contributed by atoms with van der Waals surface area (Å²) in [5.74, 6) is 1.08. The Kier molecular flexibility index (Phi) is 4.14. The minimum atomic E-state index is 0.360. The Morgan fingerprint density at radius 1 is 0.833 bits per heavy atom. The molecule has 90 valence electrons. The summed E-state index contributed by atoms with van der Waals surface area (Å²) >= 11 is 0. The molecule has 0 bridgehead atoms. The van der Waals surface area contributed by atoms with E-state index in [1.54, 1.807) is 24.7 Å². The molecule has 0 aliphatic carbocycles. The number of benzene rings is 1. The zero-order chi connectivity index (χ0) is 12.6. The Morgan fingerprint density at radius 3 is 2.06 bits per heavy atom. The average Bonchev–Trinajstić information content (AvgIpc) is 3.14. The molecule has 0 atom stereocenters. The SMILES string of the molecule is O=Cc1ccc(-c2ccccc2)o1.c1ccoc1. The van der Waals surface area contributed by atoms with Gasteiger partial charge in [-0.2, -0.15) is 0 Å². The lowest BCUT2D eigenvalue weighted by atomic mass is 10.2. The van der Waals surface area contributed by atoms with Crippen molar-refractivity contribution in [1.82, 2.24) is 0 Å². The van der Waals surface area contributed by atoms with Crippen molar-refractivity contribution in [3.05, 3.63) is 72.9 Å². The van der Waals surface area contributed by atoms with Crippen LogP contribution in [0.4, 0.5) is 0 Å². The minimum absolute atomic E-state index is 0.360. The summed E-state index contributed by atoms with van der Waals surface area (Å²) in [5.41, 5.74) is 0.982. The van der Waals surface area contributed by atoms with Crippen LogP contribution in [0.25, 0.3) is 11.3 Å². The Bertz CT molecular complexity index is 548. The third-order valence-corrected chi connectivity index (χ3v) is 2.23. The molecule has 0 saturated carbocycles. The van der Waals surface area contributed by atoms with Crippen LogP contribution in [0.15, 0.2) is 76.0 Å². The van der Waals surface area contributed by atoms with Crippen molar-refractivity contribution in [1.29, 1.82) is 0 Å². The highest BCUT2D eigenvalue weighted by Gasteiger charge is 2.01. The molecule has 0 saturated heterocycles. The Morgan fingerprint density at radius 2 is 1.56 bits per heavy atom. The van der Waals surface area contributed by atoms with E-state index in [2.05, 4.69) is 4.42 Å². The molecule has 0 fully saturated rings. The molecule has 3 aromatic rings. The fraction of sp³-hybridized carbons (Fsp3) is 0. The predicted octanol–water partition coefficient (Wildman–Crippen LogP) is 4.04. The summed E-state index contributed by atoms with van der Waals surface area (Å²) in [5, 5.41) is 0. The van der Waals surface area contributed by atoms with Gasteiger partial charge in [0, 0.05) is 5.56 Å². The van der Waals surface area contributed by atoms with Gasteiger partial charge in [-0.25, -0.2) is 0 Å². The molecule has 0 N–H and O–H groups in total. The quantitative estimate of drug-likeness (QED) is 0.635. The first-order valence-corrected chi connectivity index (χ1v) is 5.48. The van der Waals surface area contributed by atoms with Gasteiger partial charge in [-0.1, -0.05) is 30.3 Å². The first-order chi connectivity index (χ1) is 8.90. The van der Waals surface area contributed by atoms with Crippen LogP contribution in [-0.2, 0) is 0 Å². The maximum Gasteiger partial charge on any atom is 0.185 e. The first kappa shape index (κ1) is 11.9. The maximum atomic E-state index is 10.4. The highest BCUT2D eigenvalue weighted by atomic mass is 16.3. The summed E-state index contributed by atoms with van der Waals surface area (Å²) in [7, 11) is 0. The van der Waals surface area contributed by atoms with E-state index in [4.69, 9.17) is 4.42 Å². The fourth-order valence-corrected chi connectivity index (χ4v) is 1.40. The third kappa shape index (κ3) is 3.22. The molecule has 0 spiro atoms. The standard InChI is InChI=1S/C11H8O2.C4H4O/c12-8-10-6-7-11(13-10)9-4-2-1-3-5-9;1-2-4-5-3-1/h1-8H;1-4H. The summed E-state index contributed by atoms with van der Waals surface area (Å²) in [6.45, 7) is 0. The lowest BCUT2D eigenvalue weighted by molar-refractivity contribution is 0.110. The molecule has 3 heteroatoms. The van der Waals surface area contributed by atoms with Gasteiger partial charge < -0.3 is 8.83 Å². The second-order valence-corrected chi connectivity index (χ2v) is 3.48. The van der Waals surface area contributed by atoms with E-state index in [1.807, 2.05) is 42.5 Å². The normalized spacial score (nSPS) is 9.33. The fourth-order valence-electron chi connectivity index (χ4n) is 1.40. The Hall–Kier alpha value is -2.55. The molecule has 3 nitrogen and oxygen atoms in total. The van der Waals surface area contributed by atoms with E-state index < -0.39 is 0 Å². The van der Waals surface area contributed by atoms with Gasteiger partial charge in [0.05, 0.1) is 12.5 Å². The second kappa shape index (κ2) is 6.25. The van der Waals surface area contributed by atoms with E-state index in [0.29, 0.717) is 12.0 Å². The van der Waals surface area contributed by atoms with Crippen LogP contribution in [0.1, 0.15) is 10.6 Å². The molecular formula is C15H12O3. The van der Waals surface area contributed by atoms with Gasteiger partial charge in [-0.3, -0.25) is 4.79 Å². The number of hydrogen-bond donors (Lipinski definition) is 0. The van der Waals surface area contributed by atoms with Crippen molar-refractivity contribution in [2.45, 2.75) is 0 Å². The van der Waals surface area contributed by atoms with Gasteiger partial charge in [0.1, 0.15) is 5.76 Å². The van der Waals surface area contributed by atoms with Crippen molar-refractivity contribution in [3.8, 4) is 11.3 Å². The molecule has 0 unspecified atom stereocenters. The van der Waals surface area contributed by atoms with Crippen molar-refractivity contribution >= 4 is 6.29 Å². The topological polar surface area (TPSA) is 43.4 Å². The zero-order valence-corrected chi connectivity index (χ0v) is 9.65. The van der Waals surface area contributed by atoms with E-state index in [9.17, 15) is 4.79 Å². The maximum absolute atomic E-state index is 10.4. The van der Waals surface area contributed by atoms with E-state index >= 15 is 0 Å². The van der Waals surface area contributed by atoms with Crippen LogP contribution in [-0.4, -0.2) is 6.29 Å². The minimum Gasteiger partial charge on any atom is -0.473 e. The summed E-state index contributed by atoms with van der Waals surface area (Å²) in [6, 6.07) is 16.8. The van der Waals surface area contributed by atoms with Crippen LogP contribution in [0.5, 0.6) is 0 Å². The highest BCUT2D eigenvalue weighted by Crippen LogP contribution is 2.20. The molecule has 0 aliphatic heterocycles. The molecule has 3 rings (SSSR count). The zero-order valence-electron chi connectivity index (χ0n) is 9.65. The third-order valence-electron chi connectivity index (χ3n) is 2.23. The molecule has 0 radical (unpaired) electrons. The monoisotopic (exact) mass is 240 g/mol. The predicted molar refractivity (Wildman–Crippen MR) is 68.2 cm³/mol. The van der Waals surface area contributed by atoms with Crippen molar-refractivity contribution in [2.24, 2.45) is 0 Å². The van der Waals surface area contributed by atoms with E-state index in [0.717, 1.165) is 11.3 Å². The smallest absolute Gasteiger partial charge is 0.185 e. The van der Waals surface area contributed by atoms with E-state index in [1.165, 1.54) is 0 Å². The van der Waals surface area contributed by atoms with Crippen molar-refractivity contribution < 1.29 is 13.6 Å². The molecule has 2 heterocycles. The number of furan rings is 2. The van der Waals surface area contributed by atoms with Crippen LogP contribution < -0.4 is 0 Å². The molecule has 1 aromatic carbocycles. The van der Waals surface area contributed by atoms with Gasteiger partial charge in [0.15, 0.2) is 12.0 Å². The first-order valence-electron chi connectivity index (χ1n) is 5.48. The Labute approximate surface area is 105 Å². The number of rotatable bonds is 2. The number of aldehydes is 1. The molecule has 2 aromatic heterocycles. The number of carbonyl (C=O) groups is 1. The van der Waals surface area contributed by atoms with Gasteiger partial charge in [-0.05, 0) is 24.3 Å². The number of hydrogen-bond acceptors (Lipinski definition) is 3. The van der Waals surface area contributed by atoms with Gasteiger partial charge >= 0.3 is 0 Å². The van der Waals surface area contributed by atoms with Crippen LogP contribution in [0.3, 0.4) is 0 Å². The molecule has 0 aliphatic rings. The Balaban J connectivity index is 0.000000202. The van der Waals surface area contributed by atoms with Crippen molar-refractivity contribution in [3.63, 3.8) is 0 Å². The molecule has 0 amide bonds. The lowest BCUT2D eigenvalue weighted by Gasteiger charge is -1.93. The van der Waals surface area contributed by atoms with E-state index in [-0.39, 0.29) is 0 Å². The largest absolute Gasteiger partial charge is 0.473 e. The second-order valence-electron chi connectivity index (χ2n) is 3.48. The summed E-state index contributed by atoms with van der Waals surface area (Å²) < 4.78 is 9.83. The lowest BCUT2D eigenvalue weighted by Crippen LogP contribution is -1.71. The highest BCUT2D eigenvalue weighted by molar-refractivity contribution is 5.72. The van der Waals surface area contributed by atoms with Gasteiger partial charge in [0.25, 0.3) is 0 Å². The van der Waals surface area contributed by atoms with Crippen LogP contribution in [0.2, 0.25) is 0 Å². The van der Waals surface area contributed by atoms with Gasteiger partial charge in [-0.15, -0.1) is 0 Å². The number of carbonyl (C=O) groups excluding carboxylic acids is 1. The van der Waals surface area contributed by atoms with Crippen molar-refractivity contribution in [2.75, 3.05) is 0 Å². The van der Waals surface area contributed by atoms with Crippen LogP contribution in [0, 0.1) is 0 Å². The molecular weight excluding hydrogens is 228 g/mol.